The average molecular weight is 248 g/mol. The smallest absolute Gasteiger partial charge is 0.337 e. The van der Waals surface area contributed by atoms with Crippen molar-refractivity contribution < 1.29 is 9.53 Å². The molecule has 4 heteroatoms. The van der Waals surface area contributed by atoms with E-state index >= 15 is 0 Å². The van der Waals surface area contributed by atoms with Crippen LogP contribution < -0.4 is 11.1 Å². The summed E-state index contributed by atoms with van der Waals surface area (Å²) in [5.74, 6) is 0.527. The zero-order valence-electron chi connectivity index (χ0n) is 10.7. The van der Waals surface area contributed by atoms with Crippen LogP contribution in [0.5, 0.6) is 0 Å². The first-order valence-corrected chi connectivity index (χ1v) is 6.42. The van der Waals surface area contributed by atoms with Gasteiger partial charge in [-0.3, -0.25) is 0 Å². The number of nitrogens with two attached hydrogens (primary N) is 1. The second-order valence-corrected chi connectivity index (χ2v) is 4.81. The molecule has 1 aromatic carbocycles. The molecule has 1 saturated carbocycles. The summed E-state index contributed by atoms with van der Waals surface area (Å²) in [6, 6.07) is 5.16. The predicted molar refractivity (Wildman–Crippen MR) is 72.6 cm³/mol. The van der Waals surface area contributed by atoms with E-state index in [1.165, 1.54) is 32.8 Å². The highest BCUT2D eigenvalue weighted by molar-refractivity contribution is 5.91. The number of hydrogen-bond donors (Lipinski definition) is 2. The van der Waals surface area contributed by atoms with Crippen molar-refractivity contribution in [3.8, 4) is 0 Å². The third-order valence-electron chi connectivity index (χ3n) is 3.57. The van der Waals surface area contributed by atoms with Crippen molar-refractivity contribution in [2.45, 2.75) is 25.7 Å². The van der Waals surface area contributed by atoms with Crippen molar-refractivity contribution >= 4 is 17.3 Å². The molecule has 1 aliphatic rings. The number of nitrogen functional groups attached to an aromatic ring is 1. The second-order valence-electron chi connectivity index (χ2n) is 4.81. The van der Waals surface area contributed by atoms with E-state index in [0.29, 0.717) is 11.3 Å². The number of methoxy groups -OCH3 is 1. The minimum absolute atomic E-state index is 0.336. The molecule has 18 heavy (non-hydrogen) atoms. The van der Waals surface area contributed by atoms with Crippen LogP contribution in [-0.2, 0) is 4.74 Å². The van der Waals surface area contributed by atoms with Gasteiger partial charge in [-0.25, -0.2) is 4.79 Å². The predicted octanol–water partition coefficient (Wildman–Crippen LogP) is 2.66. The molecular formula is C14H20N2O2. The molecule has 0 aromatic heterocycles. The molecule has 0 bridgehead atoms. The lowest BCUT2D eigenvalue weighted by Crippen LogP contribution is -2.16. The molecule has 1 aromatic rings. The molecule has 0 atom stereocenters. The Balaban J connectivity index is 1.94. The Morgan fingerprint density at radius 2 is 2.28 bits per heavy atom. The van der Waals surface area contributed by atoms with Crippen molar-refractivity contribution in [1.29, 1.82) is 0 Å². The number of carbonyl (C=O) groups excluding carboxylic acids is 1. The van der Waals surface area contributed by atoms with Gasteiger partial charge in [-0.1, -0.05) is 19.3 Å². The highest BCUT2D eigenvalue weighted by Gasteiger charge is 2.16. The third kappa shape index (κ3) is 2.94. The van der Waals surface area contributed by atoms with Gasteiger partial charge in [0.1, 0.15) is 0 Å². The van der Waals surface area contributed by atoms with Gasteiger partial charge in [-0.15, -0.1) is 0 Å². The van der Waals surface area contributed by atoms with Crippen molar-refractivity contribution in [1.82, 2.24) is 0 Å². The average Bonchev–Trinajstić information content (AvgIpc) is 2.33. The maximum absolute atomic E-state index is 11.4. The van der Waals surface area contributed by atoms with Crippen LogP contribution in [0.2, 0.25) is 0 Å². The number of ether oxygens (including phenoxy) is 1. The molecule has 0 saturated heterocycles. The van der Waals surface area contributed by atoms with Crippen LogP contribution in [0.4, 0.5) is 11.4 Å². The maximum Gasteiger partial charge on any atom is 0.337 e. The fraction of sp³-hybridized carbons (Fsp3) is 0.500. The molecule has 0 amide bonds. The first-order chi connectivity index (χ1) is 8.70. The molecule has 2 rings (SSSR count). The van der Waals surface area contributed by atoms with Gasteiger partial charge in [0.25, 0.3) is 0 Å². The van der Waals surface area contributed by atoms with Crippen molar-refractivity contribution in [2.24, 2.45) is 5.92 Å². The molecule has 1 aliphatic carbocycles. The van der Waals surface area contributed by atoms with Crippen LogP contribution >= 0.6 is 0 Å². The van der Waals surface area contributed by atoms with E-state index in [9.17, 15) is 4.79 Å². The Bertz CT molecular complexity index is 428. The molecule has 3 N–H and O–H groups in total. The molecule has 98 valence electrons. The summed E-state index contributed by atoms with van der Waals surface area (Å²) in [5, 5.41) is 3.30. The van der Waals surface area contributed by atoms with Gasteiger partial charge in [-0.05, 0) is 30.5 Å². The van der Waals surface area contributed by atoms with Gasteiger partial charge in [0.2, 0.25) is 0 Å². The molecule has 4 nitrogen and oxygen atoms in total. The van der Waals surface area contributed by atoms with Gasteiger partial charge >= 0.3 is 5.97 Å². The van der Waals surface area contributed by atoms with Gasteiger partial charge in [0, 0.05) is 6.54 Å². The van der Waals surface area contributed by atoms with Crippen molar-refractivity contribution in [3.63, 3.8) is 0 Å². The molecule has 0 unspecified atom stereocenters. The highest BCUT2D eigenvalue weighted by Crippen LogP contribution is 2.29. The highest BCUT2D eigenvalue weighted by atomic mass is 16.5. The Kier molecular flexibility index (Phi) is 4.07. The first-order valence-electron chi connectivity index (χ1n) is 6.42. The third-order valence-corrected chi connectivity index (χ3v) is 3.57. The summed E-state index contributed by atoms with van der Waals surface area (Å²) in [6.45, 7) is 0.902. The Morgan fingerprint density at radius 3 is 2.89 bits per heavy atom. The van der Waals surface area contributed by atoms with Gasteiger partial charge in [-0.2, -0.15) is 0 Å². The van der Waals surface area contributed by atoms with E-state index in [4.69, 9.17) is 10.5 Å². The zero-order valence-corrected chi connectivity index (χ0v) is 10.7. The molecular weight excluding hydrogens is 228 g/mol. The topological polar surface area (TPSA) is 64.3 Å². The number of esters is 1. The normalized spacial score (nSPS) is 14.9. The Hall–Kier alpha value is -1.71. The van der Waals surface area contributed by atoms with E-state index in [1.807, 2.05) is 0 Å². The lowest BCUT2D eigenvalue weighted by molar-refractivity contribution is 0.0601. The van der Waals surface area contributed by atoms with E-state index < -0.39 is 0 Å². The van der Waals surface area contributed by atoms with E-state index in [2.05, 4.69) is 5.32 Å². The van der Waals surface area contributed by atoms with Crippen molar-refractivity contribution in [2.75, 3.05) is 24.7 Å². The largest absolute Gasteiger partial charge is 0.465 e. The van der Waals surface area contributed by atoms with Crippen LogP contribution in [-0.4, -0.2) is 19.6 Å². The number of anilines is 2. The molecule has 0 spiro atoms. The zero-order chi connectivity index (χ0) is 13.0. The number of benzene rings is 1. The van der Waals surface area contributed by atoms with Crippen LogP contribution in [0.25, 0.3) is 0 Å². The maximum atomic E-state index is 11.4. The quantitative estimate of drug-likeness (QED) is 0.621. The summed E-state index contributed by atoms with van der Waals surface area (Å²) < 4.78 is 4.69. The second kappa shape index (κ2) is 5.76. The first kappa shape index (κ1) is 12.7. The van der Waals surface area contributed by atoms with Gasteiger partial charge in [0.05, 0.1) is 24.0 Å². The van der Waals surface area contributed by atoms with Crippen LogP contribution in [0, 0.1) is 5.92 Å². The van der Waals surface area contributed by atoms with Gasteiger partial charge < -0.3 is 15.8 Å². The number of rotatable bonds is 5. The molecule has 1 fully saturated rings. The van der Waals surface area contributed by atoms with Crippen LogP contribution in [0.3, 0.4) is 0 Å². The lowest BCUT2D eigenvalue weighted by atomic mass is 9.83. The minimum Gasteiger partial charge on any atom is -0.465 e. The standard InChI is InChI=1S/C14H20N2O2/c1-18-14(17)11-5-6-12(15)13(9-11)16-8-7-10-3-2-4-10/h5-6,9-10,16H,2-4,7-8,15H2,1H3. The fourth-order valence-corrected chi connectivity index (χ4v) is 2.15. The Labute approximate surface area is 108 Å². The summed E-state index contributed by atoms with van der Waals surface area (Å²) in [7, 11) is 1.38. The monoisotopic (exact) mass is 248 g/mol. The molecule has 0 aliphatic heterocycles. The van der Waals surface area contributed by atoms with E-state index in [1.54, 1.807) is 18.2 Å². The fourth-order valence-electron chi connectivity index (χ4n) is 2.15. The number of carbonyl (C=O) groups is 1. The molecule has 0 heterocycles. The number of nitrogens with one attached hydrogen (secondary N) is 1. The van der Waals surface area contributed by atoms with E-state index in [0.717, 1.165) is 18.2 Å². The van der Waals surface area contributed by atoms with Gasteiger partial charge in [0.15, 0.2) is 0 Å². The summed E-state index contributed by atoms with van der Waals surface area (Å²) in [6.07, 6.45) is 5.23. The summed E-state index contributed by atoms with van der Waals surface area (Å²) >= 11 is 0. The Morgan fingerprint density at radius 1 is 1.50 bits per heavy atom. The SMILES string of the molecule is COC(=O)c1ccc(N)c(NCCC2CCC2)c1. The summed E-state index contributed by atoms with van der Waals surface area (Å²) in [5.41, 5.74) is 7.89. The minimum atomic E-state index is -0.336. The van der Waals surface area contributed by atoms with Crippen molar-refractivity contribution in [3.05, 3.63) is 23.8 Å². The van der Waals surface area contributed by atoms with E-state index in [-0.39, 0.29) is 5.97 Å². The van der Waals surface area contributed by atoms with Crippen LogP contribution in [0.1, 0.15) is 36.0 Å². The lowest BCUT2D eigenvalue weighted by Gasteiger charge is -2.25. The number of hydrogen-bond acceptors (Lipinski definition) is 4. The molecule has 0 radical (unpaired) electrons. The van der Waals surface area contributed by atoms with Crippen LogP contribution in [0.15, 0.2) is 18.2 Å². The summed E-state index contributed by atoms with van der Waals surface area (Å²) in [4.78, 5) is 11.4.